The number of hydrogen-bond acceptors (Lipinski definition) is 2. The summed E-state index contributed by atoms with van der Waals surface area (Å²) in [6.45, 7) is 0. The molecule has 0 saturated heterocycles. The molecular weight excluding hydrogens is 607 g/mol. The molecule has 0 atom stereocenters. The lowest BCUT2D eigenvalue weighted by molar-refractivity contribution is 1.19. The van der Waals surface area contributed by atoms with Crippen molar-refractivity contribution in [1.29, 1.82) is 0 Å². The van der Waals surface area contributed by atoms with Gasteiger partial charge in [0.15, 0.2) is 0 Å². The molecule has 218 valence electrons. The molecule has 0 N–H and O–H groups in total. The van der Waals surface area contributed by atoms with Gasteiger partial charge in [0, 0.05) is 62.2 Å². The third-order valence-corrected chi connectivity index (χ3v) is 12.3. The van der Waals surface area contributed by atoms with Crippen LogP contribution in [0.1, 0.15) is 0 Å². The van der Waals surface area contributed by atoms with E-state index in [4.69, 9.17) is 0 Å². The van der Waals surface area contributed by atoms with Gasteiger partial charge in [-0.3, -0.25) is 0 Å². The normalized spacial score (nSPS) is 12.3. The van der Waals surface area contributed by atoms with E-state index < -0.39 is 0 Å². The SMILES string of the molecule is c1ccc2c(c1)sc1c(-c3ccc(-n4c5ccccc5c5ccc6c(ccc7ccc8sc9ccccc9c8c76)c54)cc3)cccc12. The third-order valence-electron chi connectivity index (χ3n) is 9.99. The van der Waals surface area contributed by atoms with Crippen molar-refractivity contribution in [2.75, 3.05) is 0 Å². The molecule has 0 aliphatic heterocycles. The Hall–Kier alpha value is -5.48. The van der Waals surface area contributed by atoms with Crippen LogP contribution >= 0.6 is 22.7 Å². The Morgan fingerprint density at radius 3 is 1.91 bits per heavy atom. The lowest BCUT2D eigenvalue weighted by Crippen LogP contribution is -1.95. The lowest BCUT2D eigenvalue weighted by Gasteiger charge is -2.13. The van der Waals surface area contributed by atoms with Crippen LogP contribution in [0.4, 0.5) is 0 Å². The van der Waals surface area contributed by atoms with E-state index in [2.05, 4.69) is 156 Å². The monoisotopic (exact) mass is 631 g/mol. The van der Waals surface area contributed by atoms with Gasteiger partial charge in [-0.2, -0.15) is 0 Å². The Balaban J connectivity index is 1.18. The van der Waals surface area contributed by atoms with Gasteiger partial charge in [0.25, 0.3) is 0 Å². The highest BCUT2D eigenvalue weighted by molar-refractivity contribution is 7.26. The molecule has 11 aromatic rings. The van der Waals surface area contributed by atoms with Crippen LogP contribution in [0.2, 0.25) is 0 Å². The van der Waals surface area contributed by atoms with Crippen molar-refractivity contribution in [3.63, 3.8) is 0 Å². The van der Waals surface area contributed by atoms with Gasteiger partial charge in [0.2, 0.25) is 0 Å². The fourth-order valence-corrected chi connectivity index (χ4v) is 10.3. The van der Waals surface area contributed by atoms with Crippen molar-refractivity contribution in [3.8, 4) is 16.8 Å². The predicted octanol–water partition coefficient (Wildman–Crippen LogP) is 13.5. The molecule has 0 saturated carbocycles. The molecule has 0 unspecified atom stereocenters. The van der Waals surface area contributed by atoms with Gasteiger partial charge < -0.3 is 4.57 Å². The van der Waals surface area contributed by atoms with Crippen molar-refractivity contribution in [2.45, 2.75) is 0 Å². The first-order valence-corrected chi connectivity index (χ1v) is 17.6. The van der Waals surface area contributed by atoms with E-state index in [0.717, 1.165) is 0 Å². The summed E-state index contributed by atoms with van der Waals surface area (Å²) >= 11 is 3.78. The van der Waals surface area contributed by atoms with Crippen molar-refractivity contribution in [1.82, 2.24) is 4.57 Å². The van der Waals surface area contributed by atoms with E-state index in [-0.39, 0.29) is 0 Å². The maximum Gasteiger partial charge on any atom is 0.0619 e. The minimum absolute atomic E-state index is 1.18. The van der Waals surface area contributed by atoms with Crippen molar-refractivity contribution in [2.24, 2.45) is 0 Å². The number of para-hydroxylation sites is 1. The van der Waals surface area contributed by atoms with E-state index >= 15 is 0 Å². The standard InChI is InChI=1S/C44H25NS2/c1-4-13-37-30(8-1)33-24-23-32-34(22-18-27-19-25-40-42(41(27)32)36-10-3-6-15-39(36)46-40)43(33)45(37)28-20-16-26(17-21-28)29-11-7-12-35-31-9-2-5-14-38(31)47-44(29)35/h1-25H. The zero-order valence-corrected chi connectivity index (χ0v) is 26.8. The minimum Gasteiger partial charge on any atom is -0.309 e. The van der Waals surface area contributed by atoms with Crippen molar-refractivity contribution >= 4 is 106 Å². The Bertz CT molecular complexity index is 3060. The van der Waals surface area contributed by atoms with Crippen LogP contribution in [-0.2, 0) is 0 Å². The van der Waals surface area contributed by atoms with Crippen LogP contribution in [0.3, 0.4) is 0 Å². The second-order valence-corrected chi connectivity index (χ2v) is 14.6. The lowest BCUT2D eigenvalue weighted by atomic mass is 9.96. The molecule has 0 aliphatic carbocycles. The Kier molecular flexibility index (Phi) is 5.20. The molecule has 3 heterocycles. The first kappa shape index (κ1) is 25.7. The molecule has 0 aliphatic rings. The predicted molar refractivity (Wildman–Crippen MR) is 207 cm³/mol. The molecule has 47 heavy (non-hydrogen) atoms. The largest absolute Gasteiger partial charge is 0.309 e. The molecule has 0 spiro atoms. The van der Waals surface area contributed by atoms with Gasteiger partial charge in [0.1, 0.15) is 0 Å². The minimum atomic E-state index is 1.18. The van der Waals surface area contributed by atoms with E-state index in [9.17, 15) is 0 Å². The summed E-state index contributed by atoms with van der Waals surface area (Å²) in [5, 5.41) is 13.2. The van der Waals surface area contributed by atoms with Crippen LogP contribution < -0.4 is 0 Å². The summed E-state index contributed by atoms with van der Waals surface area (Å²) in [5.74, 6) is 0. The fraction of sp³-hybridized carbons (Fsp3) is 0. The van der Waals surface area contributed by atoms with E-state index in [1.54, 1.807) is 0 Å². The average Bonchev–Trinajstić information content (AvgIpc) is 3.81. The number of hydrogen-bond donors (Lipinski definition) is 0. The van der Waals surface area contributed by atoms with Crippen LogP contribution in [-0.4, -0.2) is 4.57 Å². The Labute approximate surface area is 278 Å². The summed E-state index contributed by atoms with van der Waals surface area (Å²) in [6, 6.07) is 56.3. The molecule has 0 bridgehead atoms. The summed E-state index contributed by atoms with van der Waals surface area (Å²) in [7, 11) is 0. The fourth-order valence-electron chi connectivity index (χ4n) is 7.94. The zero-order valence-electron chi connectivity index (χ0n) is 25.2. The summed E-state index contributed by atoms with van der Waals surface area (Å²) in [6.07, 6.45) is 0. The van der Waals surface area contributed by atoms with Crippen molar-refractivity contribution < 1.29 is 0 Å². The number of benzene rings is 8. The van der Waals surface area contributed by atoms with Crippen LogP contribution in [0.5, 0.6) is 0 Å². The zero-order chi connectivity index (χ0) is 30.6. The van der Waals surface area contributed by atoms with Crippen molar-refractivity contribution in [3.05, 3.63) is 152 Å². The maximum atomic E-state index is 2.48. The number of nitrogens with zero attached hydrogens (tertiary/aromatic N) is 1. The Morgan fingerprint density at radius 1 is 0.383 bits per heavy atom. The summed E-state index contributed by atoms with van der Waals surface area (Å²) in [5.41, 5.74) is 6.21. The van der Waals surface area contributed by atoms with Gasteiger partial charge in [-0.1, -0.05) is 115 Å². The molecular formula is C44H25NS2. The number of rotatable bonds is 2. The molecule has 1 nitrogen and oxygen atoms in total. The highest BCUT2D eigenvalue weighted by Gasteiger charge is 2.18. The Morgan fingerprint density at radius 2 is 1.04 bits per heavy atom. The first-order chi connectivity index (χ1) is 23.3. The van der Waals surface area contributed by atoms with E-state index in [1.807, 2.05) is 22.7 Å². The van der Waals surface area contributed by atoms with Gasteiger partial charge in [-0.05, 0) is 63.7 Å². The van der Waals surface area contributed by atoms with E-state index in [1.165, 1.54) is 101 Å². The number of thiophene rings is 2. The smallest absolute Gasteiger partial charge is 0.0619 e. The summed E-state index contributed by atoms with van der Waals surface area (Å²) in [4.78, 5) is 0. The van der Waals surface area contributed by atoms with Gasteiger partial charge in [-0.25, -0.2) is 0 Å². The topological polar surface area (TPSA) is 4.93 Å². The van der Waals surface area contributed by atoms with Gasteiger partial charge in [0.05, 0.1) is 11.0 Å². The molecule has 0 fully saturated rings. The second-order valence-electron chi connectivity index (χ2n) is 12.4. The van der Waals surface area contributed by atoms with E-state index in [0.29, 0.717) is 0 Å². The van der Waals surface area contributed by atoms with Crippen LogP contribution in [0.25, 0.3) is 101 Å². The molecule has 3 aromatic heterocycles. The summed E-state index contributed by atoms with van der Waals surface area (Å²) < 4.78 is 7.85. The van der Waals surface area contributed by atoms with Gasteiger partial charge >= 0.3 is 0 Å². The quantitative estimate of drug-likeness (QED) is 0.167. The highest BCUT2D eigenvalue weighted by atomic mass is 32.1. The van der Waals surface area contributed by atoms with Crippen LogP contribution in [0, 0.1) is 0 Å². The molecule has 0 radical (unpaired) electrons. The van der Waals surface area contributed by atoms with Gasteiger partial charge in [-0.15, -0.1) is 22.7 Å². The van der Waals surface area contributed by atoms with Crippen LogP contribution in [0.15, 0.2) is 152 Å². The highest BCUT2D eigenvalue weighted by Crippen LogP contribution is 2.45. The molecule has 0 amide bonds. The maximum absolute atomic E-state index is 2.48. The number of aromatic nitrogens is 1. The third kappa shape index (κ3) is 3.53. The second kappa shape index (κ2) is 9.52. The molecule has 8 aromatic carbocycles. The average molecular weight is 632 g/mol. The number of fused-ring (bicyclic) bond motifs is 14. The molecule has 11 rings (SSSR count). The first-order valence-electron chi connectivity index (χ1n) is 16.0. The molecule has 3 heteroatoms.